The second-order valence-corrected chi connectivity index (χ2v) is 35.3. The van der Waals surface area contributed by atoms with Crippen molar-refractivity contribution in [2.45, 2.75) is 92.4 Å². The maximum Gasteiger partial charge on any atom is 0.245 e. The third-order valence-corrected chi connectivity index (χ3v) is 27.4. The molecule has 0 aliphatic carbocycles. The molecule has 0 saturated carbocycles. The van der Waals surface area contributed by atoms with Gasteiger partial charge in [0.05, 0.1) is 97.1 Å². The molecule has 10 amide bonds. The highest BCUT2D eigenvalue weighted by atomic mass is 16.7. The van der Waals surface area contributed by atoms with Crippen LogP contribution in [0.2, 0.25) is 0 Å². The van der Waals surface area contributed by atoms with Crippen molar-refractivity contribution in [3.63, 3.8) is 0 Å². The van der Waals surface area contributed by atoms with E-state index in [-0.39, 0.29) is 106 Å². The third-order valence-electron chi connectivity index (χ3n) is 27.4. The number of nitrogens with one attached hydrogen (secondary N) is 5. The number of amides is 10. The van der Waals surface area contributed by atoms with Gasteiger partial charge in [-0.05, 0) is 146 Å². The molecule has 0 bridgehead atoms. The van der Waals surface area contributed by atoms with Crippen LogP contribution in [-0.4, -0.2) is 265 Å². The molecule has 5 unspecified atom stereocenters. The van der Waals surface area contributed by atoms with Crippen molar-refractivity contribution in [3.8, 4) is 57.5 Å². The molecule has 35 nitrogen and oxygen atoms in total. The monoisotopic (exact) mass is 1980 g/mol. The standard InChI is InChI=1S/5C22H19N3O4/c5*1-24-10-19(26)25-16(22(24)27)9-14-13-4-2-3-5-15(13)23-20(14)21(25)12-6-7-17-18(8-12)29-11-28-17/h5*2-8,16,21,23H,9-11H2,1H3/t5*16-,21?/m11111/s1/i1D3,2D,3D,4D,5D,6D,7D,8D,11D2,16D;2D,3D,4D,5D,10D2,16D;1D3,6D,7D,8D,11D2,16D;10D2,11D2,16D;10D2,16D. The van der Waals surface area contributed by atoms with E-state index in [9.17, 15) is 54.8 Å². The van der Waals surface area contributed by atoms with E-state index in [1.54, 1.807) is 66.7 Å². The summed E-state index contributed by atoms with van der Waals surface area (Å²) in [5, 5.41) is 2.27. The molecule has 730 valence electrons. The molecule has 0 spiro atoms. The van der Waals surface area contributed by atoms with Crippen molar-refractivity contribution in [2.75, 3.05) is 101 Å². The Balaban J connectivity index is 0.000000109. The maximum absolute atomic E-state index is 13.7. The number of hydrogen-bond donors (Lipinski definition) is 5. The van der Waals surface area contributed by atoms with Gasteiger partial charge in [0.25, 0.3) is 0 Å². The minimum absolute atomic E-state index is 0.0130. The number of nitrogens with zero attached hydrogens (tertiary/aromatic N) is 10. The molecule has 20 heterocycles. The highest BCUT2D eigenvalue weighted by Gasteiger charge is 2.55. The number of H-pyrrole nitrogens is 5. The molecule has 15 aliphatic heterocycles. The second kappa shape index (κ2) is 33.9. The van der Waals surface area contributed by atoms with E-state index < -0.39 is 300 Å². The number of carbonyl (C=O) groups is 10. The molecule has 15 aromatic rings. The Labute approximate surface area is 878 Å². The quantitative estimate of drug-likeness (QED) is 0.107. The number of aromatic amines is 5. The molecule has 0 radical (unpaired) electrons. The van der Waals surface area contributed by atoms with Crippen LogP contribution in [0.5, 0.6) is 57.5 Å². The number of carbonyl (C=O) groups excluding carboxylic acids is 10. The Kier molecular flexibility index (Phi) is 13.3. The lowest BCUT2D eigenvalue weighted by molar-refractivity contribution is -0.157. The fourth-order valence-electron chi connectivity index (χ4n) is 21.0. The van der Waals surface area contributed by atoms with Gasteiger partial charge >= 0.3 is 0 Å². The van der Waals surface area contributed by atoms with Gasteiger partial charge in [-0.2, -0.15) is 0 Å². The van der Waals surface area contributed by atoms with Crippen molar-refractivity contribution >= 4 is 114 Å². The van der Waals surface area contributed by atoms with Crippen LogP contribution in [0.3, 0.4) is 0 Å². The van der Waals surface area contributed by atoms with Crippen LogP contribution >= 0.6 is 0 Å². The Bertz CT molecular complexity index is 10200. The van der Waals surface area contributed by atoms with Gasteiger partial charge in [0.2, 0.25) is 92.9 Å². The van der Waals surface area contributed by atoms with Crippen molar-refractivity contribution < 1.29 is 146 Å². The molecule has 30 rings (SSSR count). The number of aromatic nitrogens is 5. The molecule has 10 atom stereocenters. The zero-order valence-electron chi connectivity index (χ0n) is 113. The fourth-order valence-corrected chi connectivity index (χ4v) is 21.0. The van der Waals surface area contributed by atoms with Crippen LogP contribution in [0.15, 0.2) is 212 Å². The van der Waals surface area contributed by atoms with E-state index in [0.29, 0.717) is 104 Å². The molecule has 5 aromatic heterocycles. The largest absolute Gasteiger partial charge is 0.454 e. The minimum atomic E-state index is -3.12. The summed E-state index contributed by atoms with van der Waals surface area (Å²) >= 11 is 0. The van der Waals surface area contributed by atoms with E-state index in [0.717, 1.165) is 58.9 Å². The smallest absolute Gasteiger partial charge is 0.245 e. The van der Waals surface area contributed by atoms with Gasteiger partial charge < -0.3 is 121 Å². The highest BCUT2D eigenvalue weighted by molar-refractivity contribution is 6.03. The average Bonchev–Trinajstić information content (AvgIpc) is 1.47. The summed E-state index contributed by atoms with van der Waals surface area (Å²) < 4.78 is 359. The summed E-state index contributed by atoms with van der Waals surface area (Å²) in [6.07, 6.45) is -1.61. The molecule has 5 fully saturated rings. The van der Waals surface area contributed by atoms with E-state index in [2.05, 4.69) is 24.9 Å². The van der Waals surface area contributed by atoms with E-state index in [1.807, 2.05) is 48.5 Å². The topological polar surface area (TPSA) is 374 Å². The van der Waals surface area contributed by atoms with Crippen molar-refractivity contribution in [3.05, 3.63) is 296 Å². The van der Waals surface area contributed by atoms with E-state index in [1.165, 1.54) is 26.2 Å². The molecule has 145 heavy (non-hydrogen) atoms. The number of fused-ring (bicyclic) bond motifs is 25. The normalized spacial score (nSPS) is 31.3. The van der Waals surface area contributed by atoms with Gasteiger partial charge in [-0.25, -0.2) is 0 Å². The van der Waals surface area contributed by atoms with Crippen LogP contribution in [0, 0.1) is 0 Å². The summed E-state index contributed by atoms with van der Waals surface area (Å²) in [7, 11) is 3.55. The van der Waals surface area contributed by atoms with Crippen LogP contribution in [0.25, 0.3) is 54.5 Å². The molecular formula is C110H95N15O20. The first-order chi connectivity index (χ1) is 85.0. The molecule has 5 N–H and O–H groups in total. The van der Waals surface area contributed by atoms with Crippen LogP contribution in [-0.2, 0) is 80.0 Å². The summed E-state index contributed by atoms with van der Waals surface area (Å²) in [6.45, 7) is -23.7. The SMILES string of the molecule is [2H]C1([2H])C(=O)N2C(c3ccc4c(c3)OCO4)c3[nH]c4ccccc4c3C[C@]2([2H])C(=O)N1C.[2H]C1([2H])Oc2ccc(C3c4[nH]c5ccccc5c4C[C@]4([2H])C(=O)N(C)C([2H])([2H])C(=O)N34)cc2O1.[2H]c1c([2H])c(C2c3[nH]c4c([2H])c([2H])c([2H])c([2H])c4c3C[C@]3([2H])C(=O)N(C([2H])([2H])[2H])CC(=O)N23)c([2H])c2c1OC([2H])([2H])O2.[2H]c1c([2H])c(C2c3[nH]c4ccccc4c3C[C@]3([2H])C(=O)N(C([2H])([2H])[2H])CC(=O)N23)c([2H])c2c1OC([2H])([2H])O2.[2H]c1c([2H])c([2H])c2c3c([nH]c2c1[2H])C(c1ccc2c(c1)OCO2)N1C(=O)C([2H])([2H])N(C)C(=O)[C@@]1([2H])C3. The lowest BCUT2D eigenvalue weighted by atomic mass is 9.86. The zero-order valence-corrected chi connectivity index (χ0v) is 75.5. The minimum Gasteiger partial charge on any atom is -0.454 e. The number of hydrogen-bond acceptors (Lipinski definition) is 20. The zero-order chi connectivity index (χ0) is 131. The third kappa shape index (κ3) is 14.2. The van der Waals surface area contributed by atoms with Crippen LogP contribution < -0.4 is 47.4 Å². The first-order valence-electron chi connectivity index (χ1n) is 63.5. The summed E-state index contributed by atoms with van der Waals surface area (Å²) in [4.78, 5) is 158. The van der Waals surface area contributed by atoms with Gasteiger partial charge in [0.1, 0.15) is 38.3 Å². The molecule has 35 heteroatoms. The lowest BCUT2D eigenvalue weighted by Gasteiger charge is -2.46. The second-order valence-electron chi connectivity index (χ2n) is 35.3. The summed E-state index contributed by atoms with van der Waals surface area (Å²) in [5.74, 6) is -9.86. The number of rotatable bonds is 5. The predicted molar refractivity (Wildman–Crippen MR) is 523 cm³/mol. The Morgan fingerprint density at radius 2 is 0.572 bits per heavy atom. The van der Waals surface area contributed by atoms with E-state index >= 15 is 0 Å². The first kappa shape index (κ1) is 56.9. The van der Waals surface area contributed by atoms with Crippen molar-refractivity contribution in [1.82, 2.24) is 73.9 Å². The van der Waals surface area contributed by atoms with Gasteiger partial charge in [0.15, 0.2) is 57.5 Å². The fraction of sp³-hybridized carbons (Fsp3) is 0.273. The number of ether oxygens (including phenoxy) is 10. The predicted octanol–water partition coefficient (Wildman–Crippen LogP) is 11.1. The molecule has 10 aromatic carbocycles. The summed E-state index contributed by atoms with van der Waals surface area (Å²) in [6, 6.07) is 10.8. The molecular weight excluding hydrogens is 1850 g/mol. The number of para-hydroxylation sites is 5. The Morgan fingerprint density at radius 3 is 0.938 bits per heavy atom. The van der Waals surface area contributed by atoms with Crippen LogP contribution in [0.1, 0.15) is 165 Å². The lowest BCUT2D eigenvalue weighted by Crippen LogP contribution is -2.62. The first-order valence-corrected chi connectivity index (χ1v) is 45.0. The molecule has 5 saturated heterocycles. The van der Waals surface area contributed by atoms with Crippen LogP contribution in [0.4, 0.5) is 0 Å². The maximum atomic E-state index is 13.7. The van der Waals surface area contributed by atoms with Gasteiger partial charge in [-0.3, -0.25) is 47.9 Å². The van der Waals surface area contributed by atoms with E-state index in [4.69, 9.17) is 91.2 Å². The Morgan fingerprint density at radius 1 is 0.290 bits per heavy atom. The van der Waals surface area contributed by atoms with Crippen molar-refractivity contribution in [2.24, 2.45) is 0 Å². The highest BCUT2D eigenvalue weighted by Crippen LogP contribution is 2.53. The average molecular weight is 1980 g/mol. The number of likely N-dealkylation sites (N-methyl/N-ethyl adjacent to an activating group) is 5. The number of benzene rings is 10. The molecule has 15 aliphatic rings. The van der Waals surface area contributed by atoms with Gasteiger partial charge in [-0.1, -0.05) is 121 Å². The van der Waals surface area contributed by atoms with Gasteiger partial charge in [-0.15, -0.1) is 0 Å². The van der Waals surface area contributed by atoms with Gasteiger partial charge in [0, 0.05) is 158 Å². The Hall–Kier alpha value is -17.4. The number of piperazine rings is 5. The van der Waals surface area contributed by atoms with Crippen molar-refractivity contribution in [1.29, 1.82) is 0 Å². The summed E-state index contributed by atoms with van der Waals surface area (Å²) in [5.41, 5.74) is 6.53.